The van der Waals surface area contributed by atoms with Gasteiger partial charge in [-0.2, -0.15) is 4.31 Å². The molecule has 1 atom stereocenters. The van der Waals surface area contributed by atoms with Crippen LogP contribution in [0.3, 0.4) is 0 Å². The van der Waals surface area contributed by atoms with Crippen molar-refractivity contribution in [1.82, 2.24) is 9.62 Å². The maximum absolute atomic E-state index is 13.1. The fourth-order valence-corrected chi connectivity index (χ4v) is 5.26. The third kappa shape index (κ3) is 5.40. The first-order valence-corrected chi connectivity index (χ1v) is 12.2. The first-order valence-electron chi connectivity index (χ1n) is 10.4. The number of ether oxygens (including phenoxy) is 1. The van der Waals surface area contributed by atoms with Crippen LogP contribution >= 0.6 is 11.6 Å². The molecule has 2 N–H and O–H groups in total. The molecule has 2 amide bonds. The molecule has 10 heteroatoms. The summed E-state index contributed by atoms with van der Waals surface area (Å²) in [5.41, 5.74) is 0.545. The summed E-state index contributed by atoms with van der Waals surface area (Å²) < 4.78 is 33.1. The third-order valence-electron chi connectivity index (χ3n) is 5.05. The van der Waals surface area contributed by atoms with Gasteiger partial charge in [0.25, 0.3) is 5.91 Å². The van der Waals surface area contributed by atoms with Crippen molar-refractivity contribution in [2.24, 2.45) is 0 Å². The van der Waals surface area contributed by atoms with Gasteiger partial charge in [0.1, 0.15) is 16.7 Å². The van der Waals surface area contributed by atoms with Crippen LogP contribution in [0.15, 0.2) is 47.4 Å². The third-order valence-corrected chi connectivity index (χ3v) is 7.30. The monoisotopic (exact) mass is 479 g/mol. The van der Waals surface area contributed by atoms with Crippen molar-refractivity contribution in [3.8, 4) is 5.75 Å². The lowest BCUT2D eigenvalue weighted by Gasteiger charge is -2.20. The highest BCUT2D eigenvalue weighted by atomic mass is 35.5. The molecule has 1 aliphatic rings. The van der Waals surface area contributed by atoms with Gasteiger partial charge in [0, 0.05) is 18.8 Å². The first-order chi connectivity index (χ1) is 15.2. The predicted molar refractivity (Wildman–Crippen MR) is 123 cm³/mol. The number of carbonyl (C=O) groups is 2. The minimum Gasteiger partial charge on any atom is -0.492 e. The number of rotatable bonds is 8. The summed E-state index contributed by atoms with van der Waals surface area (Å²) in [6, 6.07) is 10.1. The molecule has 0 saturated carbocycles. The van der Waals surface area contributed by atoms with Crippen LogP contribution in [-0.4, -0.2) is 50.3 Å². The average Bonchev–Trinajstić information content (AvgIpc) is 3.31. The number of benzene rings is 2. The number of anilines is 1. The van der Waals surface area contributed by atoms with Gasteiger partial charge in [-0.1, -0.05) is 23.7 Å². The van der Waals surface area contributed by atoms with Gasteiger partial charge in [-0.15, -0.1) is 0 Å². The minimum absolute atomic E-state index is 0.00630. The molecule has 2 aromatic carbocycles. The second kappa shape index (κ2) is 10.3. The van der Waals surface area contributed by atoms with Crippen molar-refractivity contribution in [1.29, 1.82) is 0 Å². The molecular formula is C22H26ClN3O5S. The topological polar surface area (TPSA) is 105 Å². The molecule has 1 heterocycles. The predicted octanol–water partition coefficient (Wildman–Crippen LogP) is 3.28. The summed E-state index contributed by atoms with van der Waals surface area (Å²) in [4.78, 5) is 25.1. The van der Waals surface area contributed by atoms with E-state index in [4.69, 9.17) is 16.3 Å². The quantitative estimate of drug-likeness (QED) is 0.604. The van der Waals surface area contributed by atoms with Crippen LogP contribution < -0.4 is 15.4 Å². The van der Waals surface area contributed by atoms with Crippen LogP contribution in [0.2, 0.25) is 5.02 Å². The standard InChI is InChI=1S/C22H26ClN3O5S/c1-3-31-19-11-10-16(14-20(19)32(29,30)26-12-6-7-13-26)25-21(27)15(2)24-22(28)17-8-4-5-9-18(17)23/h4-5,8-11,14-15H,3,6-7,12-13H2,1-2H3,(H,24,28)(H,25,27)/t15-/m1/s1. The number of halogens is 1. The molecule has 0 radical (unpaired) electrons. The van der Waals surface area contributed by atoms with Gasteiger partial charge in [0.15, 0.2) is 0 Å². The van der Waals surface area contributed by atoms with E-state index >= 15 is 0 Å². The summed E-state index contributed by atoms with van der Waals surface area (Å²) in [5, 5.41) is 5.53. The van der Waals surface area contributed by atoms with Gasteiger partial charge in [0.05, 0.1) is 17.2 Å². The Morgan fingerprint density at radius 1 is 1.16 bits per heavy atom. The fourth-order valence-electron chi connectivity index (χ4n) is 3.37. The SMILES string of the molecule is CCOc1ccc(NC(=O)[C@@H](C)NC(=O)c2ccccc2Cl)cc1S(=O)(=O)N1CCCC1. The molecule has 2 aromatic rings. The Bertz CT molecular complexity index is 1100. The second-order valence-electron chi connectivity index (χ2n) is 7.37. The summed E-state index contributed by atoms with van der Waals surface area (Å²) in [7, 11) is -3.76. The van der Waals surface area contributed by atoms with Crippen molar-refractivity contribution in [3.63, 3.8) is 0 Å². The van der Waals surface area contributed by atoms with E-state index in [1.165, 1.54) is 23.4 Å². The number of nitrogens with one attached hydrogen (secondary N) is 2. The maximum atomic E-state index is 13.1. The second-order valence-corrected chi connectivity index (χ2v) is 9.68. The zero-order valence-corrected chi connectivity index (χ0v) is 19.5. The molecule has 0 unspecified atom stereocenters. The number of amides is 2. The van der Waals surface area contributed by atoms with Gasteiger partial charge in [-0.3, -0.25) is 9.59 Å². The molecule has 0 bridgehead atoms. The van der Waals surface area contributed by atoms with Crippen molar-refractivity contribution >= 4 is 39.1 Å². The van der Waals surface area contributed by atoms with Crippen LogP contribution in [0, 0.1) is 0 Å². The Balaban J connectivity index is 1.77. The van der Waals surface area contributed by atoms with E-state index in [0.717, 1.165) is 12.8 Å². The molecule has 172 valence electrons. The van der Waals surface area contributed by atoms with Crippen LogP contribution in [0.1, 0.15) is 37.0 Å². The Hall–Kier alpha value is -2.62. The molecule has 0 aliphatic carbocycles. The van der Waals surface area contributed by atoms with E-state index in [9.17, 15) is 18.0 Å². The van der Waals surface area contributed by atoms with E-state index < -0.39 is 27.9 Å². The summed E-state index contributed by atoms with van der Waals surface area (Å²) in [6.45, 7) is 4.51. The molecule has 1 aliphatic heterocycles. The Kier molecular flexibility index (Phi) is 7.76. The molecular weight excluding hydrogens is 454 g/mol. The normalized spacial score (nSPS) is 15.2. The zero-order chi connectivity index (χ0) is 23.3. The molecule has 3 rings (SSSR count). The lowest BCUT2D eigenvalue weighted by atomic mass is 10.2. The van der Waals surface area contributed by atoms with Crippen molar-refractivity contribution in [2.45, 2.75) is 37.6 Å². The van der Waals surface area contributed by atoms with E-state index in [2.05, 4.69) is 10.6 Å². The van der Waals surface area contributed by atoms with E-state index in [1.54, 1.807) is 37.3 Å². The molecule has 0 spiro atoms. The van der Waals surface area contributed by atoms with Crippen molar-refractivity contribution < 1.29 is 22.7 Å². The van der Waals surface area contributed by atoms with Crippen LogP contribution in [0.25, 0.3) is 0 Å². The average molecular weight is 480 g/mol. The first kappa shape index (κ1) is 24.0. The number of hydrogen-bond acceptors (Lipinski definition) is 5. The Labute approximate surface area is 192 Å². The lowest BCUT2D eigenvalue weighted by molar-refractivity contribution is -0.117. The van der Waals surface area contributed by atoms with Gasteiger partial charge >= 0.3 is 0 Å². The maximum Gasteiger partial charge on any atom is 0.253 e. The summed E-state index contributed by atoms with van der Waals surface area (Å²) in [6.07, 6.45) is 1.62. The van der Waals surface area contributed by atoms with Crippen LogP contribution in [0.5, 0.6) is 5.75 Å². The highest BCUT2D eigenvalue weighted by Gasteiger charge is 2.30. The largest absolute Gasteiger partial charge is 0.492 e. The Morgan fingerprint density at radius 3 is 2.50 bits per heavy atom. The number of hydrogen-bond donors (Lipinski definition) is 2. The lowest BCUT2D eigenvalue weighted by Crippen LogP contribution is -2.41. The van der Waals surface area contributed by atoms with Crippen molar-refractivity contribution in [2.75, 3.05) is 25.0 Å². The van der Waals surface area contributed by atoms with E-state index in [0.29, 0.717) is 19.7 Å². The summed E-state index contributed by atoms with van der Waals surface area (Å²) >= 11 is 6.03. The van der Waals surface area contributed by atoms with Crippen LogP contribution in [0.4, 0.5) is 5.69 Å². The highest BCUT2D eigenvalue weighted by molar-refractivity contribution is 7.89. The highest BCUT2D eigenvalue weighted by Crippen LogP contribution is 2.31. The van der Waals surface area contributed by atoms with Gasteiger partial charge < -0.3 is 15.4 Å². The smallest absolute Gasteiger partial charge is 0.253 e. The van der Waals surface area contributed by atoms with Crippen LogP contribution in [-0.2, 0) is 14.8 Å². The number of carbonyl (C=O) groups excluding carboxylic acids is 2. The molecule has 1 fully saturated rings. The summed E-state index contributed by atoms with van der Waals surface area (Å²) in [5.74, 6) is -0.751. The van der Waals surface area contributed by atoms with Crippen molar-refractivity contribution in [3.05, 3.63) is 53.1 Å². The zero-order valence-electron chi connectivity index (χ0n) is 17.9. The van der Waals surface area contributed by atoms with Gasteiger partial charge in [-0.05, 0) is 57.0 Å². The minimum atomic E-state index is -3.76. The molecule has 32 heavy (non-hydrogen) atoms. The van der Waals surface area contributed by atoms with Gasteiger partial charge in [0.2, 0.25) is 15.9 Å². The molecule has 1 saturated heterocycles. The fraction of sp³-hybridized carbons (Fsp3) is 0.364. The Morgan fingerprint density at radius 2 is 1.84 bits per heavy atom. The molecule has 0 aromatic heterocycles. The number of nitrogens with zero attached hydrogens (tertiary/aromatic N) is 1. The molecule has 8 nitrogen and oxygen atoms in total. The number of sulfonamides is 1. The van der Waals surface area contributed by atoms with E-state index in [1.807, 2.05) is 0 Å². The van der Waals surface area contributed by atoms with Gasteiger partial charge in [-0.25, -0.2) is 8.42 Å². The van der Waals surface area contributed by atoms with E-state index in [-0.39, 0.29) is 26.9 Å².